The van der Waals surface area contributed by atoms with E-state index in [-0.39, 0.29) is 16.7 Å². The topological polar surface area (TPSA) is 55.4 Å². The molecule has 1 aromatic heterocycles. The summed E-state index contributed by atoms with van der Waals surface area (Å²) in [6.07, 6.45) is 0. The van der Waals surface area contributed by atoms with E-state index < -0.39 is 18.5 Å². The summed E-state index contributed by atoms with van der Waals surface area (Å²) < 4.78 is 18.9. The lowest BCUT2D eigenvalue weighted by Crippen LogP contribution is -2.31. The molecule has 0 unspecified atom stereocenters. The van der Waals surface area contributed by atoms with Crippen LogP contribution in [0.3, 0.4) is 0 Å². The summed E-state index contributed by atoms with van der Waals surface area (Å²) in [5, 5.41) is 3.80. The zero-order valence-electron chi connectivity index (χ0n) is 13.8. The van der Waals surface area contributed by atoms with Crippen molar-refractivity contribution in [3.63, 3.8) is 0 Å². The van der Waals surface area contributed by atoms with Gasteiger partial charge in [-0.3, -0.25) is 4.79 Å². The number of amides is 1. The monoisotopic (exact) mass is 391 g/mol. The fraction of sp³-hybridized carbons (Fsp3) is 0.158. The van der Waals surface area contributed by atoms with Gasteiger partial charge < -0.3 is 10.1 Å². The van der Waals surface area contributed by atoms with Crippen molar-refractivity contribution in [2.45, 2.75) is 13.0 Å². The van der Waals surface area contributed by atoms with E-state index in [0.29, 0.717) is 5.02 Å². The molecule has 3 aromatic rings. The zero-order chi connectivity index (χ0) is 18.7. The van der Waals surface area contributed by atoms with Crippen LogP contribution in [0.4, 0.5) is 4.39 Å². The zero-order valence-corrected chi connectivity index (χ0v) is 15.4. The Labute approximate surface area is 158 Å². The minimum absolute atomic E-state index is 0.271. The van der Waals surface area contributed by atoms with Gasteiger partial charge in [0.15, 0.2) is 6.61 Å². The van der Waals surface area contributed by atoms with E-state index in [0.717, 1.165) is 15.6 Å². The molecule has 0 aliphatic rings. The molecule has 0 saturated heterocycles. The number of carbonyl (C=O) groups excluding carboxylic acids is 2. The second-order valence-electron chi connectivity index (χ2n) is 5.66. The first-order valence-electron chi connectivity index (χ1n) is 7.84. The number of esters is 1. The highest BCUT2D eigenvalue weighted by molar-refractivity contribution is 7.21. The van der Waals surface area contributed by atoms with E-state index in [4.69, 9.17) is 16.3 Å². The molecule has 0 saturated carbocycles. The maximum Gasteiger partial charge on any atom is 0.350 e. The Kier molecular flexibility index (Phi) is 5.54. The fourth-order valence-corrected chi connectivity index (χ4v) is 3.86. The van der Waals surface area contributed by atoms with Gasteiger partial charge >= 0.3 is 5.97 Å². The average Bonchev–Trinajstić information content (AvgIpc) is 2.97. The molecule has 0 fully saturated rings. The normalized spacial score (nSPS) is 12.0. The standard InChI is InChI=1S/C19H15ClFNO3S/c1-11(12-6-8-13(21)9-7-12)22-16(23)10-25-19(24)18-17(20)14-4-2-3-5-15(14)26-18/h2-9,11H,10H2,1H3,(H,22,23)/t11-/m1/s1. The minimum Gasteiger partial charge on any atom is -0.451 e. The van der Waals surface area contributed by atoms with Crippen molar-refractivity contribution in [1.29, 1.82) is 0 Å². The highest BCUT2D eigenvalue weighted by atomic mass is 35.5. The van der Waals surface area contributed by atoms with E-state index in [9.17, 15) is 14.0 Å². The third-order valence-corrected chi connectivity index (χ3v) is 5.46. The van der Waals surface area contributed by atoms with Crippen molar-refractivity contribution in [3.05, 3.63) is 69.8 Å². The van der Waals surface area contributed by atoms with E-state index in [2.05, 4.69) is 5.32 Å². The predicted molar refractivity (Wildman–Crippen MR) is 100 cm³/mol. The van der Waals surface area contributed by atoms with Crippen LogP contribution in [-0.2, 0) is 9.53 Å². The van der Waals surface area contributed by atoms with E-state index in [1.807, 2.05) is 24.3 Å². The molecule has 1 heterocycles. The lowest BCUT2D eigenvalue weighted by Gasteiger charge is -2.14. The molecule has 2 aromatic carbocycles. The molecular weight excluding hydrogens is 377 g/mol. The van der Waals surface area contributed by atoms with E-state index in [1.54, 1.807) is 19.1 Å². The van der Waals surface area contributed by atoms with Crippen molar-refractivity contribution in [1.82, 2.24) is 5.32 Å². The Balaban J connectivity index is 1.59. The van der Waals surface area contributed by atoms with Crippen LogP contribution in [0.25, 0.3) is 10.1 Å². The van der Waals surface area contributed by atoms with Gasteiger partial charge in [-0.2, -0.15) is 0 Å². The van der Waals surface area contributed by atoms with Crippen LogP contribution >= 0.6 is 22.9 Å². The number of ether oxygens (including phenoxy) is 1. The first-order valence-corrected chi connectivity index (χ1v) is 9.04. The van der Waals surface area contributed by atoms with Crippen LogP contribution in [0.2, 0.25) is 5.02 Å². The number of nitrogens with one attached hydrogen (secondary N) is 1. The van der Waals surface area contributed by atoms with Crippen LogP contribution in [0.1, 0.15) is 28.2 Å². The Morgan fingerprint density at radius 3 is 2.58 bits per heavy atom. The van der Waals surface area contributed by atoms with Gasteiger partial charge in [-0.1, -0.05) is 41.9 Å². The van der Waals surface area contributed by atoms with Crippen LogP contribution < -0.4 is 5.32 Å². The number of rotatable bonds is 5. The summed E-state index contributed by atoms with van der Waals surface area (Å²) in [7, 11) is 0. The molecule has 26 heavy (non-hydrogen) atoms. The van der Waals surface area contributed by atoms with Crippen molar-refractivity contribution in [2.24, 2.45) is 0 Å². The number of hydrogen-bond donors (Lipinski definition) is 1. The number of thiophene rings is 1. The molecule has 1 N–H and O–H groups in total. The molecule has 134 valence electrons. The molecule has 0 aliphatic heterocycles. The van der Waals surface area contributed by atoms with Gasteiger partial charge in [0.1, 0.15) is 10.7 Å². The van der Waals surface area contributed by atoms with Gasteiger partial charge in [0.05, 0.1) is 11.1 Å². The smallest absolute Gasteiger partial charge is 0.350 e. The lowest BCUT2D eigenvalue weighted by molar-refractivity contribution is -0.124. The number of halogens is 2. The van der Waals surface area contributed by atoms with Gasteiger partial charge in [0.25, 0.3) is 5.91 Å². The molecule has 0 radical (unpaired) electrons. The van der Waals surface area contributed by atoms with Crippen molar-refractivity contribution >= 4 is 44.9 Å². The third-order valence-electron chi connectivity index (χ3n) is 3.80. The SMILES string of the molecule is C[C@@H](NC(=O)COC(=O)c1sc2ccccc2c1Cl)c1ccc(F)cc1. The first kappa shape index (κ1) is 18.4. The van der Waals surface area contributed by atoms with Crippen LogP contribution in [-0.4, -0.2) is 18.5 Å². The lowest BCUT2D eigenvalue weighted by atomic mass is 10.1. The molecule has 0 bridgehead atoms. The summed E-state index contributed by atoms with van der Waals surface area (Å²) in [4.78, 5) is 24.5. The Morgan fingerprint density at radius 1 is 1.19 bits per heavy atom. The van der Waals surface area contributed by atoms with Gasteiger partial charge in [-0.25, -0.2) is 9.18 Å². The number of carbonyl (C=O) groups is 2. The van der Waals surface area contributed by atoms with Gasteiger partial charge in [-0.15, -0.1) is 11.3 Å². The summed E-state index contributed by atoms with van der Waals surface area (Å²) in [6, 6.07) is 12.8. The molecule has 1 amide bonds. The second kappa shape index (κ2) is 7.85. The van der Waals surface area contributed by atoms with Crippen LogP contribution in [0.15, 0.2) is 48.5 Å². The van der Waals surface area contributed by atoms with Crippen molar-refractivity contribution < 1.29 is 18.7 Å². The minimum atomic E-state index is -0.638. The number of benzene rings is 2. The second-order valence-corrected chi connectivity index (χ2v) is 7.09. The van der Waals surface area contributed by atoms with Gasteiger partial charge in [0, 0.05) is 10.1 Å². The molecule has 3 rings (SSSR count). The number of hydrogen-bond acceptors (Lipinski definition) is 4. The molecule has 4 nitrogen and oxygen atoms in total. The van der Waals surface area contributed by atoms with Gasteiger partial charge in [0.2, 0.25) is 0 Å². The van der Waals surface area contributed by atoms with Crippen LogP contribution in [0.5, 0.6) is 0 Å². The maximum absolute atomic E-state index is 12.9. The van der Waals surface area contributed by atoms with E-state index >= 15 is 0 Å². The first-order chi connectivity index (χ1) is 12.5. The molecule has 0 spiro atoms. The molecule has 0 aliphatic carbocycles. The third kappa shape index (κ3) is 4.03. The largest absolute Gasteiger partial charge is 0.451 e. The Hall–Kier alpha value is -2.44. The highest BCUT2D eigenvalue weighted by Crippen LogP contribution is 2.35. The van der Waals surface area contributed by atoms with Crippen molar-refractivity contribution in [2.75, 3.05) is 6.61 Å². The van der Waals surface area contributed by atoms with E-state index in [1.165, 1.54) is 23.5 Å². The average molecular weight is 392 g/mol. The Bertz CT molecular complexity index is 955. The maximum atomic E-state index is 12.9. The predicted octanol–water partition coefficient (Wildman–Crippen LogP) is 4.73. The Morgan fingerprint density at radius 2 is 1.88 bits per heavy atom. The van der Waals surface area contributed by atoms with Crippen molar-refractivity contribution in [3.8, 4) is 0 Å². The molecule has 1 atom stereocenters. The summed E-state index contributed by atoms with van der Waals surface area (Å²) in [6.45, 7) is 1.34. The van der Waals surface area contributed by atoms with Gasteiger partial charge in [-0.05, 0) is 30.7 Å². The summed E-state index contributed by atoms with van der Waals surface area (Å²) >= 11 is 7.44. The molecule has 7 heteroatoms. The highest BCUT2D eigenvalue weighted by Gasteiger charge is 2.19. The number of fused-ring (bicyclic) bond motifs is 1. The fourth-order valence-electron chi connectivity index (χ4n) is 2.46. The quantitative estimate of drug-likeness (QED) is 0.640. The molecular formula is C19H15ClFNO3S. The van der Waals surface area contributed by atoms with Crippen LogP contribution in [0, 0.1) is 5.82 Å². The summed E-state index contributed by atoms with van der Waals surface area (Å²) in [5.41, 5.74) is 0.749. The summed E-state index contributed by atoms with van der Waals surface area (Å²) in [5.74, 6) is -1.44.